The molecule has 10 aromatic rings. The molecule has 0 saturated carbocycles. The summed E-state index contributed by atoms with van der Waals surface area (Å²) < 4.78 is 0. The normalized spacial score (nSPS) is 11.6. The summed E-state index contributed by atoms with van der Waals surface area (Å²) in [6, 6.07) is 65.8. The van der Waals surface area contributed by atoms with E-state index >= 15 is 0 Å². The molecule has 2 N–H and O–H groups in total. The van der Waals surface area contributed by atoms with Crippen molar-refractivity contribution in [3.8, 4) is 55.6 Å². The van der Waals surface area contributed by atoms with Gasteiger partial charge >= 0.3 is 0 Å². The van der Waals surface area contributed by atoms with Gasteiger partial charge in [-0.25, -0.2) is 0 Å². The highest BCUT2D eigenvalue weighted by atomic mass is 14.7. The number of para-hydroxylation sites is 2. The highest BCUT2D eigenvalue weighted by Crippen LogP contribution is 2.50. The lowest BCUT2D eigenvalue weighted by atomic mass is 9.82. The smallest absolute Gasteiger partial charge is 0.0551 e. The third-order valence-electron chi connectivity index (χ3n) is 10.2. The Morgan fingerprint density at radius 2 is 0.720 bits per heavy atom. The van der Waals surface area contributed by atoms with E-state index in [-0.39, 0.29) is 0 Å². The molecule has 50 heavy (non-hydrogen) atoms. The zero-order chi connectivity index (χ0) is 33.0. The number of hydrogen-bond donors (Lipinski definition) is 2. The second kappa shape index (κ2) is 11.5. The average molecular weight is 637 g/mol. The van der Waals surface area contributed by atoms with Crippen LogP contribution in [0.3, 0.4) is 0 Å². The van der Waals surface area contributed by atoms with E-state index in [2.05, 4.69) is 192 Å². The Bertz CT molecular complexity index is 2840. The van der Waals surface area contributed by atoms with Gasteiger partial charge in [0.1, 0.15) is 0 Å². The van der Waals surface area contributed by atoms with Gasteiger partial charge in [0, 0.05) is 43.7 Å². The fourth-order valence-corrected chi connectivity index (χ4v) is 7.98. The molecule has 2 heterocycles. The minimum Gasteiger partial charge on any atom is -0.354 e. The van der Waals surface area contributed by atoms with Gasteiger partial charge < -0.3 is 9.97 Å². The second-order valence-electron chi connectivity index (χ2n) is 13.0. The summed E-state index contributed by atoms with van der Waals surface area (Å²) >= 11 is 0. The lowest BCUT2D eigenvalue weighted by molar-refractivity contribution is 1.51. The Balaban J connectivity index is 1.40. The molecule has 0 fully saturated rings. The monoisotopic (exact) mass is 636 g/mol. The SMILES string of the molecule is c1ccc(-c2cc3c([nH]c4ccccc43)c(-c3ccccc3-c3c(-c4ccccc4)ccc4c3[nH]c3ccccc34)c2-c2ccccc2)cc1. The minimum atomic E-state index is 1.13. The van der Waals surface area contributed by atoms with E-state index in [9.17, 15) is 0 Å². The van der Waals surface area contributed by atoms with E-state index in [1.807, 2.05) is 0 Å². The summed E-state index contributed by atoms with van der Waals surface area (Å²) in [5, 5.41) is 4.90. The molecule has 0 radical (unpaired) electrons. The molecule has 0 aliphatic rings. The number of aromatic amines is 2. The van der Waals surface area contributed by atoms with Crippen LogP contribution in [-0.4, -0.2) is 9.97 Å². The Labute approximate surface area is 290 Å². The lowest BCUT2D eigenvalue weighted by Crippen LogP contribution is -1.96. The van der Waals surface area contributed by atoms with Gasteiger partial charge in [0.05, 0.1) is 11.0 Å². The van der Waals surface area contributed by atoms with E-state index < -0.39 is 0 Å². The molecular weight excluding hydrogens is 605 g/mol. The predicted molar refractivity (Wildman–Crippen MR) is 212 cm³/mol. The number of fused-ring (bicyclic) bond motifs is 6. The molecule has 0 atom stereocenters. The van der Waals surface area contributed by atoms with Gasteiger partial charge in [-0.3, -0.25) is 0 Å². The van der Waals surface area contributed by atoms with Crippen LogP contribution >= 0.6 is 0 Å². The van der Waals surface area contributed by atoms with Crippen LogP contribution in [0.5, 0.6) is 0 Å². The van der Waals surface area contributed by atoms with Crippen LogP contribution in [0.1, 0.15) is 0 Å². The third-order valence-corrected chi connectivity index (χ3v) is 10.2. The topological polar surface area (TPSA) is 31.6 Å². The summed E-state index contributed by atoms with van der Waals surface area (Å²) in [5.41, 5.74) is 16.5. The Kier molecular flexibility index (Phi) is 6.53. The Hall–Kier alpha value is -6.64. The quantitative estimate of drug-likeness (QED) is 0.188. The van der Waals surface area contributed by atoms with Gasteiger partial charge in [0.2, 0.25) is 0 Å². The van der Waals surface area contributed by atoms with Crippen molar-refractivity contribution in [3.05, 3.63) is 182 Å². The first-order valence-corrected chi connectivity index (χ1v) is 17.2. The van der Waals surface area contributed by atoms with Gasteiger partial charge in [0.25, 0.3) is 0 Å². The van der Waals surface area contributed by atoms with E-state index in [0.29, 0.717) is 0 Å². The van der Waals surface area contributed by atoms with Gasteiger partial charge in [0.15, 0.2) is 0 Å². The number of benzene rings is 8. The number of hydrogen-bond acceptors (Lipinski definition) is 0. The van der Waals surface area contributed by atoms with Crippen molar-refractivity contribution in [3.63, 3.8) is 0 Å². The first-order valence-electron chi connectivity index (χ1n) is 17.2. The van der Waals surface area contributed by atoms with E-state index in [1.165, 1.54) is 77.2 Å². The molecule has 0 aliphatic carbocycles. The summed E-state index contributed by atoms with van der Waals surface area (Å²) in [6.45, 7) is 0. The maximum Gasteiger partial charge on any atom is 0.0551 e. The van der Waals surface area contributed by atoms with Crippen LogP contribution in [0.2, 0.25) is 0 Å². The van der Waals surface area contributed by atoms with Crippen molar-refractivity contribution < 1.29 is 0 Å². The maximum atomic E-state index is 3.91. The van der Waals surface area contributed by atoms with Crippen molar-refractivity contribution in [2.75, 3.05) is 0 Å². The minimum absolute atomic E-state index is 1.13. The predicted octanol–water partition coefficient (Wildman–Crippen LogP) is 13.3. The van der Waals surface area contributed by atoms with Crippen molar-refractivity contribution in [1.82, 2.24) is 9.97 Å². The lowest BCUT2D eigenvalue weighted by Gasteiger charge is -2.21. The zero-order valence-corrected chi connectivity index (χ0v) is 27.3. The summed E-state index contributed by atoms with van der Waals surface area (Å²) in [4.78, 5) is 7.78. The van der Waals surface area contributed by atoms with E-state index in [0.717, 1.165) is 22.1 Å². The number of H-pyrrole nitrogens is 2. The Morgan fingerprint density at radius 1 is 0.260 bits per heavy atom. The molecule has 0 amide bonds. The molecule has 0 aliphatic heterocycles. The third kappa shape index (κ3) is 4.43. The molecule has 2 nitrogen and oxygen atoms in total. The van der Waals surface area contributed by atoms with Crippen molar-refractivity contribution in [2.45, 2.75) is 0 Å². The van der Waals surface area contributed by atoms with Crippen molar-refractivity contribution in [1.29, 1.82) is 0 Å². The summed E-state index contributed by atoms with van der Waals surface area (Å²) in [6.07, 6.45) is 0. The van der Waals surface area contributed by atoms with Crippen LogP contribution in [0, 0.1) is 0 Å². The molecule has 0 spiro atoms. The van der Waals surface area contributed by atoms with Crippen LogP contribution < -0.4 is 0 Å². The summed E-state index contributed by atoms with van der Waals surface area (Å²) in [7, 11) is 0. The van der Waals surface area contributed by atoms with Gasteiger partial charge in [-0.05, 0) is 62.7 Å². The molecule has 0 saturated heterocycles. The first-order chi connectivity index (χ1) is 24.8. The van der Waals surface area contributed by atoms with Crippen LogP contribution in [0.25, 0.3) is 99.2 Å². The molecular formula is C48H32N2. The molecule has 2 heteroatoms. The number of aromatic nitrogens is 2. The molecule has 8 aromatic carbocycles. The van der Waals surface area contributed by atoms with Crippen LogP contribution in [0.4, 0.5) is 0 Å². The molecule has 10 rings (SSSR count). The standard InChI is InChI=1S/C48H32N2/c1-4-16-31(17-5-1)34-28-29-39-35-22-12-14-26-42(35)49-47(39)45(34)37-24-10-11-25-38(37)46-44(33-20-8-3-9-21-33)40(32-18-6-2-7-19-32)30-41-36-23-13-15-27-43(36)50-48(41)46/h1-30,49-50H. The molecule has 0 bridgehead atoms. The molecule has 234 valence electrons. The summed E-state index contributed by atoms with van der Waals surface area (Å²) in [5.74, 6) is 0. The highest BCUT2D eigenvalue weighted by molar-refractivity contribution is 6.21. The van der Waals surface area contributed by atoms with Crippen molar-refractivity contribution >= 4 is 43.6 Å². The number of nitrogens with one attached hydrogen (secondary N) is 2. The average Bonchev–Trinajstić information content (AvgIpc) is 3.76. The van der Waals surface area contributed by atoms with E-state index in [4.69, 9.17) is 0 Å². The fourth-order valence-electron chi connectivity index (χ4n) is 7.98. The number of rotatable bonds is 5. The maximum absolute atomic E-state index is 3.91. The zero-order valence-electron chi connectivity index (χ0n) is 27.3. The first kappa shape index (κ1) is 28.4. The van der Waals surface area contributed by atoms with Gasteiger partial charge in [-0.2, -0.15) is 0 Å². The van der Waals surface area contributed by atoms with Gasteiger partial charge in [-0.15, -0.1) is 0 Å². The largest absolute Gasteiger partial charge is 0.354 e. The van der Waals surface area contributed by atoms with Gasteiger partial charge in [-0.1, -0.05) is 164 Å². The fraction of sp³-hybridized carbons (Fsp3) is 0. The molecule has 2 aromatic heterocycles. The van der Waals surface area contributed by atoms with Crippen LogP contribution in [0.15, 0.2) is 182 Å². The second-order valence-corrected chi connectivity index (χ2v) is 13.0. The Morgan fingerprint density at radius 3 is 1.34 bits per heavy atom. The van der Waals surface area contributed by atoms with E-state index in [1.54, 1.807) is 0 Å². The van der Waals surface area contributed by atoms with Crippen molar-refractivity contribution in [2.24, 2.45) is 0 Å². The molecule has 0 unspecified atom stereocenters. The van der Waals surface area contributed by atoms with Crippen LogP contribution in [-0.2, 0) is 0 Å². The highest BCUT2D eigenvalue weighted by Gasteiger charge is 2.25.